The molecule has 1 N–H and O–H groups in total. The van der Waals surface area contributed by atoms with E-state index in [-0.39, 0.29) is 5.97 Å². The van der Waals surface area contributed by atoms with Crippen LogP contribution in [0, 0.1) is 0 Å². The van der Waals surface area contributed by atoms with Crippen LogP contribution in [0.15, 0.2) is 78.9 Å². The van der Waals surface area contributed by atoms with Gasteiger partial charge in [0.25, 0.3) is 0 Å². The van der Waals surface area contributed by atoms with Gasteiger partial charge in [0.05, 0.1) is 12.7 Å². The Morgan fingerprint density at radius 2 is 1.67 bits per heavy atom. The molecule has 190 valence electrons. The zero-order valence-corrected chi connectivity index (χ0v) is 21.6. The molecule has 0 saturated heterocycles. The Balaban J connectivity index is 1.56. The molecule has 0 aliphatic heterocycles. The average molecular weight is 489 g/mol. The van der Waals surface area contributed by atoms with Gasteiger partial charge >= 0.3 is 5.97 Å². The summed E-state index contributed by atoms with van der Waals surface area (Å²) in [6.45, 7) is 8.74. The number of aliphatic hydroxyl groups is 1. The third kappa shape index (κ3) is 7.80. The molecular weight excluding hydrogens is 452 g/mol. The van der Waals surface area contributed by atoms with E-state index >= 15 is 0 Å². The van der Waals surface area contributed by atoms with Crippen molar-refractivity contribution in [2.24, 2.45) is 0 Å². The molecule has 5 nitrogen and oxygen atoms in total. The number of hydrogen-bond donors (Lipinski definition) is 1. The first-order valence-corrected chi connectivity index (χ1v) is 12.5. The normalized spacial score (nSPS) is 13.2. The summed E-state index contributed by atoms with van der Waals surface area (Å²) in [5.41, 5.74) is 6.35. The minimum atomic E-state index is -0.596. The predicted octanol–water partition coefficient (Wildman–Crippen LogP) is 6.40. The van der Waals surface area contributed by atoms with Crippen LogP contribution in [0.1, 0.15) is 50.5 Å². The van der Waals surface area contributed by atoms with Crippen LogP contribution in [0.25, 0.3) is 16.7 Å². The van der Waals surface area contributed by atoms with E-state index in [4.69, 9.17) is 14.2 Å². The number of benzene rings is 3. The fourth-order valence-electron chi connectivity index (χ4n) is 3.87. The van der Waals surface area contributed by atoms with Crippen molar-refractivity contribution in [3.63, 3.8) is 0 Å². The third-order valence-electron chi connectivity index (χ3n) is 5.94. The number of ether oxygens (including phenoxy) is 3. The standard InChI is InChI=1S/C31H36O5/c1-5-34-30(31(33)35-6-2)20-24-10-16-29(17-11-24)36-19-18-22(3)25-12-14-26(15-13-25)28-9-7-8-27(21-28)23(4)32/h7-18,21,23,30,32H,5-6,19-20H2,1-4H3/b22-18-. The molecule has 0 amide bonds. The molecule has 0 aliphatic rings. The SMILES string of the molecule is CCOC(=O)C(Cc1ccc(OC/C=C(/C)c2ccc(-c3cccc(C(C)O)c3)cc2)cc1)OCC. The van der Waals surface area contributed by atoms with Crippen LogP contribution >= 0.6 is 0 Å². The Hall–Kier alpha value is -3.41. The molecule has 0 radical (unpaired) electrons. The highest BCUT2D eigenvalue weighted by Gasteiger charge is 2.20. The van der Waals surface area contributed by atoms with E-state index < -0.39 is 12.2 Å². The van der Waals surface area contributed by atoms with E-state index in [1.807, 2.05) is 49.4 Å². The molecule has 0 saturated carbocycles. The summed E-state index contributed by atoms with van der Waals surface area (Å²) in [5.74, 6) is 0.432. The van der Waals surface area contributed by atoms with Crippen molar-refractivity contribution in [2.45, 2.75) is 46.3 Å². The Kier molecular flexibility index (Phi) is 10.3. The van der Waals surface area contributed by atoms with Gasteiger partial charge in [-0.2, -0.15) is 0 Å². The number of hydrogen-bond acceptors (Lipinski definition) is 5. The predicted molar refractivity (Wildman–Crippen MR) is 144 cm³/mol. The minimum Gasteiger partial charge on any atom is -0.490 e. The molecule has 3 aromatic rings. The summed E-state index contributed by atoms with van der Waals surface area (Å²) in [5, 5.41) is 9.84. The smallest absolute Gasteiger partial charge is 0.335 e. The molecule has 3 rings (SSSR count). The fraction of sp³-hybridized carbons (Fsp3) is 0.323. The molecule has 2 atom stereocenters. The van der Waals surface area contributed by atoms with Gasteiger partial charge in [-0.25, -0.2) is 4.79 Å². The summed E-state index contributed by atoms with van der Waals surface area (Å²) in [4.78, 5) is 12.1. The van der Waals surface area contributed by atoms with Crippen LogP contribution in [0.3, 0.4) is 0 Å². The van der Waals surface area contributed by atoms with Crippen LogP contribution in [0.4, 0.5) is 0 Å². The summed E-state index contributed by atoms with van der Waals surface area (Å²) >= 11 is 0. The van der Waals surface area contributed by atoms with Gasteiger partial charge in [-0.3, -0.25) is 0 Å². The number of aliphatic hydroxyl groups excluding tert-OH is 1. The monoisotopic (exact) mass is 488 g/mol. The molecule has 36 heavy (non-hydrogen) atoms. The molecule has 0 aliphatic carbocycles. The van der Waals surface area contributed by atoms with Gasteiger partial charge in [-0.15, -0.1) is 0 Å². The van der Waals surface area contributed by atoms with E-state index in [9.17, 15) is 9.90 Å². The first-order valence-electron chi connectivity index (χ1n) is 12.5. The van der Waals surface area contributed by atoms with Crippen LogP contribution in [-0.4, -0.2) is 37.0 Å². The Bertz CT molecular complexity index is 1130. The lowest BCUT2D eigenvalue weighted by Crippen LogP contribution is -2.28. The van der Waals surface area contributed by atoms with Gasteiger partial charge in [0.2, 0.25) is 0 Å². The van der Waals surface area contributed by atoms with Crippen LogP contribution in [-0.2, 0) is 20.7 Å². The quantitative estimate of drug-likeness (QED) is 0.299. The van der Waals surface area contributed by atoms with Gasteiger partial charge < -0.3 is 19.3 Å². The maximum Gasteiger partial charge on any atom is 0.335 e. The van der Waals surface area contributed by atoms with Gasteiger partial charge in [-0.05, 0) is 85.4 Å². The van der Waals surface area contributed by atoms with Gasteiger partial charge in [-0.1, -0.05) is 54.6 Å². The van der Waals surface area contributed by atoms with E-state index in [0.29, 0.717) is 26.2 Å². The van der Waals surface area contributed by atoms with E-state index in [0.717, 1.165) is 39.1 Å². The van der Waals surface area contributed by atoms with Gasteiger partial charge in [0.15, 0.2) is 6.10 Å². The van der Waals surface area contributed by atoms with Crippen molar-refractivity contribution in [2.75, 3.05) is 19.8 Å². The lowest BCUT2D eigenvalue weighted by molar-refractivity contribution is -0.156. The Morgan fingerprint density at radius 1 is 0.944 bits per heavy atom. The second-order valence-electron chi connectivity index (χ2n) is 8.62. The van der Waals surface area contributed by atoms with E-state index in [2.05, 4.69) is 43.3 Å². The number of carbonyl (C=O) groups excluding carboxylic acids is 1. The third-order valence-corrected chi connectivity index (χ3v) is 5.94. The van der Waals surface area contributed by atoms with Gasteiger partial charge in [0, 0.05) is 13.0 Å². The van der Waals surface area contributed by atoms with Crippen molar-refractivity contribution in [1.29, 1.82) is 0 Å². The van der Waals surface area contributed by atoms with Crippen LogP contribution in [0.2, 0.25) is 0 Å². The average Bonchev–Trinajstić information content (AvgIpc) is 2.89. The van der Waals surface area contributed by atoms with Gasteiger partial charge in [0.1, 0.15) is 12.4 Å². The Labute approximate surface area is 214 Å². The highest BCUT2D eigenvalue weighted by molar-refractivity contribution is 5.75. The van der Waals surface area contributed by atoms with Crippen LogP contribution < -0.4 is 4.74 Å². The van der Waals surface area contributed by atoms with Crippen LogP contribution in [0.5, 0.6) is 5.75 Å². The Morgan fingerprint density at radius 3 is 2.31 bits per heavy atom. The number of esters is 1. The zero-order chi connectivity index (χ0) is 25.9. The number of rotatable bonds is 12. The van der Waals surface area contributed by atoms with Crippen molar-refractivity contribution in [3.05, 3.63) is 95.6 Å². The number of carbonyl (C=O) groups is 1. The maximum atomic E-state index is 12.1. The lowest BCUT2D eigenvalue weighted by atomic mass is 9.98. The van der Waals surface area contributed by atoms with Crippen molar-refractivity contribution < 1.29 is 24.1 Å². The highest BCUT2D eigenvalue weighted by atomic mass is 16.6. The fourth-order valence-corrected chi connectivity index (χ4v) is 3.87. The molecule has 0 spiro atoms. The molecule has 3 aromatic carbocycles. The van der Waals surface area contributed by atoms with Crippen molar-refractivity contribution in [1.82, 2.24) is 0 Å². The maximum absolute atomic E-state index is 12.1. The van der Waals surface area contributed by atoms with E-state index in [1.165, 1.54) is 0 Å². The lowest BCUT2D eigenvalue weighted by Gasteiger charge is -2.15. The number of allylic oxidation sites excluding steroid dienone is 1. The topological polar surface area (TPSA) is 65.0 Å². The van der Waals surface area contributed by atoms with Crippen molar-refractivity contribution in [3.8, 4) is 16.9 Å². The van der Waals surface area contributed by atoms with E-state index in [1.54, 1.807) is 13.8 Å². The molecule has 0 heterocycles. The highest BCUT2D eigenvalue weighted by Crippen LogP contribution is 2.25. The molecule has 0 bridgehead atoms. The first kappa shape index (κ1) is 27.2. The molecule has 5 heteroatoms. The van der Waals surface area contributed by atoms with Crippen molar-refractivity contribution >= 4 is 11.5 Å². The first-order chi connectivity index (χ1) is 17.4. The minimum absolute atomic E-state index is 0.332. The summed E-state index contributed by atoms with van der Waals surface area (Å²) < 4.78 is 16.5. The summed E-state index contributed by atoms with van der Waals surface area (Å²) in [7, 11) is 0. The molecule has 0 aromatic heterocycles. The summed E-state index contributed by atoms with van der Waals surface area (Å²) in [6, 6.07) is 24.1. The second kappa shape index (κ2) is 13.6. The molecule has 0 fully saturated rings. The largest absolute Gasteiger partial charge is 0.490 e. The summed E-state index contributed by atoms with van der Waals surface area (Å²) in [6.07, 6.45) is 1.44. The second-order valence-corrected chi connectivity index (χ2v) is 8.62. The zero-order valence-electron chi connectivity index (χ0n) is 21.6. The molecule has 2 unspecified atom stereocenters. The molecular formula is C31H36O5.